The maximum atomic E-state index is 3.08. The standard InChI is InChI=1S/C8H9Br/c9-7-6-8-4-2-1-3-5-8/h4H,1-3,5H2. The van der Waals surface area contributed by atoms with Gasteiger partial charge in [0.15, 0.2) is 0 Å². The van der Waals surface area contributed by atoms with Gasteiger partial charge in [-0.2, -0.15) is 0 Å². The first-order chi connectivity index (χ1) is 4.43. The van der Waals surface area contributed by atoms with E-state index < -0.39 is 0 Å². The van der Waals surface area contributed by atoms with Crippen LogP contribution in [0.4, 0.5) is 0 Å². The van der Waals surface area contributed by atoms with E-state index in [9.17, 15) is 0 Å². The third kappa shape index (κ3) is 2.24. The molecule has 0 heterocycles. The Morgan fingerprint density at radius 3 is 2.89 bits per heavy atom. The molecule has 0 bridgehead atoms. The van der Waals surface area contributed by atoms with Crippen molar-refractivity contribution < 1.29 is 0 Å². The van der Waals surface area contributed by atoms with Crippen LogP contribution in [0.3, 0.4) is 0 Å². The zero-order valence-electron chi connectivity index (χ0n) is 5.28. The molecule has 0 spiro atoms. The minimum atomic E-state index is 1.18. The highest BCUT2D eigenvalue weighted by atomic mass is 79.9. The van der Waals surface area contributed by atoms with Crippen molar-refractivity contribution in [3.8, 4) is 10.8 Å². The molecule has 1 aliphatic rings. The van der Waals surface area contributed by atoms with Crippen molar-refractivity contribution >= 4 is 15.9 Å². The fourth-order valence-corrected chi connectivity index (χ4v) is 1.27. The van der Waals surface area contributed by atoms with E-state index in [1.807, 2.05) is 0 Å². The molecule has 0 aromatic carbocycles. The maximum absolute atomic E-state index is 3.08. The van der Waals surface area contributed by atoms with E-state index in [4.69, 9.17) is 0 Å². The number of allylic oxidation sites excluding steroid dienone is 2. The quantitative estimate of drug-likeness (QED) is 0.509. The first-order valence-electron chi connectivity index (χ1n) is 3.24. The van der Waals surface area contributed by atoms with Crippen molar-refractivity contribution in [1.82, 2.24) is 0 Å². The number of rotatable bonds is 0. The molecular formula is C8H9Br. The van der Waals surface area contributed by atoms with E-state index in [0.29, 0.717) is 0 Å². The van der Waals surface area contributed by atoms with Gasteiger partial charge in [-0.05, 0) is 36.1 Å². The SMILES string of the molecule is BrC#CC1=CCCCC1. The molecule has 1 aliphatic carbocycles. The summed E-state index contributed by atoms with van der Waals surface area (Å²) >= 11 is 3.08. The highest BCUT2D eigenvalue weighted by molar-refractivity contribution is 9.12. The Hall–Kier alpha value is -0.220. The van der Waals surface area contributed by atoms with Crippen molar-refractivity contribution in [1.29, 1.82) is 0 Å². The first kappa shape index (κ1) is 6.89. The summed E-state index contributed by atoms with van der Waals surface area (Å²) in [6.45, 7) is 0. The van der Waals surface area contributed by atoms with Gasteiger partial charge in [0.1, 0.15) is 0 Å². The van der Waals surface area contributed by atoms with Gasteiger partial charge in [0.25, 0.3) is 0 Å². The van der Waals surface area contributed by atoms with Crippen LogP contribution in [-0.2, 0) is 0 Å². The Morgan fingerprint density at radius 1 is 1.44 bits per heavy atom. The Kier molecular flexibility index (Phi) is 2.86. The summed E-state index contributed by atoms with van der Waals surface area (Å²) in [5.74, 6) is 3.01. The van der Waals surface area contributed by atoms with Gasteiger partial charge in [0, 0.05) is 15.9 Å². The van der Waals surface area contributed by atoms with Gasteiger partial charge in [-0.1, -0.05) is 12.0 Å². The van der Waals surface area contributed by atoms with Crippen LogP contribution < -0.4 is 0 Å². The zero-order chi connectivity index (χ0) is 6.53. The van der Waals surface area contributed by atoms with Crippen molar-refractivity contribution in [2.24, 2.45) is 0 Å². The fraction of sp³-hybridized carbons (Fsp3) is 0.500. The Morgan fingerprint density at radius 2 is 2.33 bits per heavy atom. The summed E-state index contributed by atoms with van der Waals surface area (Å²) < 4.78 is 0. The molecule has 1 rings (SSSR count). The summed E-state index contributed by atoms with van der Waals surface area (Å²) in [5.41, 5.74) is 1.30. The van der Waals surface area contributed by atoms with Gasteiger partial charge in [-0.3, -0.25) is 0 Å². The van der Waals surface area contributed by atoms with E-state index in [1.165, 1.54) is 31.3 Å². The molecule has 48 valence electrons. The second-order valence-corrected chi connectivity index (χ2v) is 2.59. The van der Waals surface area contributed by atoms with Crippen LogP contribution in [-0.4, -0.2) is 0 Å². The molecule has 0 amide bonds. The zero-order valence-corrected chi connectivity index (χ0v) is 6.87. The predicted octanol–water partition coefficient (Wildman–Crippen LogP) is 2.84. The summed E-state index contributed by atoms with van der Waals surface area (Å²) in [5, 5.41) is 0. The number of halogens is 1. The molecule has 0 fully saturated rings. The predicted molar refractivity (Wildman–Crippen MR) is 43.3 cm³/mol. The van der Waals surface area contributed by atoms with Gasteiger partial charge in [-0.25, -0.2) is 0 Å². The molecule has 0 unspecified atom stereocenters. The lowest BCUT2D eigenvalue weighted by Gasteiger charge is -2.04. The monoisotopic (exact) mass is 184 g/mol. The third-order valence-electron chi connectivity index (χ3n) is 1.50. The Balaban J connectivity index is 2.53. The van der Waals surface area contributed by atoms with Crippen molar-refractivity contribution in [3.05, 3.63) is 11.6 Å². The normalized spacial score (nSPS) is 17.7. The van der Waals surface area contributed by atoms with E-state index in [2.05, 4.69) is 32.8 Å². The number of hydrogen-bond acceptors (Lipinski definition) is 0. The van der Waals surface area contributed by atoms with Crippen molar-refractivity contribution in [3.63, 3.8) is 0 Å². The first-order valence-corrected chi connectivity index (χ1v) is 4.03. The summed E-state index contributed by atoms with van der Waals surface area (Å²) in [6.07, 6.45) is 7.29. The van der Waals surface area contributed by atoms with Crippen LogP contribution >= 0.6 is 15.9 Å². The second kappa shape index (κ2) is 3.74. The lowest BCUT2D eigenvalue weighted by Crippen LogP contribution is -1.87. The smallest absolute Gasteiger partial charge is 0.0110 e. The largest absolute Gasteiger partial charge is 0.0729 e. The fourth-order valence-electron chi connectivity index (χ4n) is 1.01. The molecule has 0 atom stereocenters. The summed E-state index contributed by atoms with van der Waals surface area (Å²) in [7, 11) is 0. The third-order valence-corrected chi connectivity index (χ3v) is 1.70. The van der Waals surface area contributed by atoms with E-state index >= 15 is 0 Å². The molecule has 0 radical (unpaired) electrons. The molecule has 0 aromatic heterocycles. The van der Waals surface area contributed by atoms with E-state index in [0.717, 1.165) is 0 Å². The molecule has 0 aliphatic heterocycles. The van der Waals surface area contributed by atoms with E-state index in [-0.39, 0.29) is 0 Å². The highest BCUT2D eigenvalue weighted by Crippen LogP contribution is 2.15. The highest BCUT2D eigenvalue weighted by Gasteiger charge is 1.98. The van der Waals surface area contributed by atoms with E-state index in [1.54, 1.807) is 0 Å². The van der Waals surface area contributed by atoms with Gasteiger partial charge in [-0.15, -0.1) is 0 Å². The van der Waals surface area contributed by atoms with Crippen LogP contribution in [0.15, 0.2) is 11.6 Å². The van der Waals surface area contributed by atoms with Crippen LogP contribution in [0, 0.1) is 10.8 Å². The van der Waals surface area contributed by atoms with Gasteiger partial charge >= 0.3 is 0 Å². The van der Waals surface area contributed by atoms with Crippen molar-refractivity contribution in [2.45, 2.75) is 25.7 Å². The lowest BCUT2D eigenvalue weighted by molar-refractivity contribution is 0.715. The summed E-state index contributed by atoms with van der Waals surface area (Å²) in [4.78, 5) is 2.73. The average Bonchev–Trinajstić information content (AvgIpc) is 1.91. The second-order valence-electron chi connectivity index (χ2n) is 2.19. The molecule has 0 aromatic rings. The van der Waals surface area contributed by atoms with Crippen LogP contribution in [0.25, 0.3) is 0 Å². The van der Waals surface area contributed by atoms with Gasteiger partial charge in [0.2, 0.25) is 0 Å². The topological polar surface area (TPSA) is 0 Å². The van der Waals surface area contributed by atoms with Gasteiger partial charge in [0.05, 0.1) is 0 Å². The maximum Gasteiger partial charge on any atom is 0.0110 e. The molecular weight excluding hydrogens is 176 g/mol. The van der Waals surface area contributed by atoms with Gasteiger partial charge < -0.3 is 0 Å². The Labute approximate surface area is 64.5 Å². The van der Waals surface area contributed by atoms with Crippen LogP contribution in [0.1, 0.15) is 25.7 Å². The molecule has 0 saturated carbocycles. The van der Waals surface area contributed by atoms with Crippen LogP contribution in [0.2, 0.25) is 0 Å². The molecule has 9 heavy (non-hydrogen) atoms. The lowest BCUT2D eigenvalue weighted by atomic mass is 10.0. The summed E-state index contributed by atoms with van der Waals surface area (Å²) in [6, 6.07) is 0. The average molecular weight is 185 g/mol. The minimum absolute atomic E-state index is 1.18. The van der Waals surface area contributed by atoms with Crippen molar-refractivity contribution in [2.75, 3.05) is 0 Å². The minimum Gasteiger partial charge on any atom is -0.0729 e. The molecule has 0 nitrogen and oxygen atoms in total. The molecule has 0 N–H and O–H groups in total. The molecule has 0 saturated heterocycles. The molecule has 1 heteroatoms. The Bertz CT molecular complexity index is 169. The number of hydrogen-bond donors (Lipinski definition) is 0. The van der Waals surface area contributed by atoms with Crippen LogP contribution in [0.5, 0.6) is 0 Å².